The van der Waals surface area contributed by atoms with Crippen molar-refractivity contribution in [2.75, 3.05) is 12.4 Å². The third-order valence-electron chi connectivity index (χ3n) is 3.00. The van der Waals surface area contributed by atoms with Crippen LogP contribution in [0.2, 0.25) is 0 Å². The number of nitrogens with one attached hydrogen (secondary N) is 1. The minimum absolute atomic E-state index is 0.274. The summed E-state index contributed by atoms with van der Waals surface area (Å²) in [6.07, 6.45) is 0.326. The van der Waals surface area contributed by atoms with Crippen LogP contribution < -0.4 is 10.1 Å². The van der Waals surface area contributed by atoms with E-state index in [2.05, 4.69) is 32.4 Å². The number of hydrogen-bond donors (Lipinski definition) is 1. The first-order valence-corrected chi connectivity index (χ1v) is 7.40. The van der Waals surface area contributed by atoms with Gasteiger partial charge in [-0.05, 0) is 41.1 Å². The van der Waals surface area contributed by atoms with Crippen molar-refractivity contribution >= 4 is 27.7 Å². The molecule has 7 heteroatoms. The van der Waals surface area contributed by atoms with Crippen LogP contribution in [0, 0.1) is 18.3 Å². The zero-order valence-electron chi connectivity index (χ0n) is 12.3. The highest BCUT2D eigenvalue weighted by molar-refractivity contribution is 9.10. The fourth-order valence-corrected chi connectivity index (χ4v) is 2.39. The second-order valence-corrected chi connectivity index (χ2v) is 5.46. The van der Waals surface area contributed by atoms with Crippen molar-refractivity contribution in [3.63, 3.8) is 0 Å². The van der Waals surface area contributed by atoms with Gasteiger partial charge in [-0.15, -0.1) is 0 Å². The lowest BCUT2D eigenvalue weighted by Crippen LogP contribution is -2.16. The summed E-state index contributed by atoms with van der Waals surface area (Å²) in [5, 5.41) is 15.8. The summed E-state index contributed by atoms with van der Waals surface area (Å²) in [6.45, 7) is 2.26. The fourth-order valence-electron chi connectivity index (χ4n) is 1.96. The van der Waals surface area contributed by atoms with E-state index in [0.717, 1.165) is 5.69 Å². The van der Waals surface area contributed by atoms with Gasteiger partial charge in [-0.1, -0.05) is 0 Å². The predicted octanol–water partition coefficient (Wildman–Crippen LogP) is 3.13. The molecular weight excluding hydrogens is 348 g/mol. The molecule has 2 aromatic rings. The largest absolute Gasteiger partial charge is 0.497 e. The number of nitrogens with zero attached hydrogens (tertiary/aromatic N) is 3. The Kier molecular flexibility index (Phi) is 5.17. The lowest BCUT2D eigenvalue weighted by molar-refractivity contribution is 0.102. The van der Waals surface area contributed by atoms with E-state index in [1.807, 2.05) is 6.92 Å². The molecule has 114 valence electrons. The number of carbonyl (C=O) groups is 1. The Morgan fingerprint density at radius 2 is 2.27 bits per heavy atom. The third kappa shape index (κ3) is 3.65. The van der Waals surface area contributed by atoms with Gasteiger partial charge in [-0.25, -0.2) is 4.68 Å². The molecule has 1 aromatic heterocycles. The molecule has 6 nitrogen and oxygen atoms in total. The van der Waals surface area contributed by atoms with Crippen LogP contribution in [0.5, 0.6) is 5.75 Å². The summed E-state index contributed by atoms with van der Waals surface area (Å²) in [5.74, 6) is 0.888. The number of aryl methyl sites for hydroxylation is 2. The molecule has 1 aromatic carbocycles. The third-order valence-corrected chi connectivity index (χ3v) is 3.69. The average Bonchev–Trinajstić information content (AvgIpc) is 2.85. The quantitative estimate of drug-likeness (QED) is 0.885. The summed E-state index contributed by atoms with van der Waals surface area (Å²) in [6, 6.07) is 9.01. The van der Waals surface area contributed by atoms with Gasteiger partial charge in [0.25, 0.3) is 5.91 Å². The first-order valence-electron chi connectivity index (χ1n) is 6.61. The van der Waals surface area contributed by atoms with Crippen LogP contribution in [0.1, 0.15) is 22.5 Å². The van der Waals surface area contributed by atoms with E-state index < -0.39 is 0 Å². The number of ether oxygens (including phenoxy) is 1. The standard InChI is InChI=1S/C15H15BrN4O2/c1-10-8-14(20(19-10)7-3-6-17)18-15(21)12-9-11(22-2)4-5-13(12)16/h4-5,8-9H,3,7H2,1-2H3,(H,18,21). The second kappa shape index (κ2) is 7.09. The first-order chi connectivity index (χ1) is 10.5. The molecule has 22 heavy (non-hydrogen) atoms. The maximum atomic E-state index is 12.4. The van der Waals surface area contributed by atoms with Crippen LogP contribution in [0.25, 0.3) is 0 Å². The number of halogens is 1. The van der Waals surface area contributed by atoms with Crippen molar-refractivity contribution in [1.82, 2.24) is 9.78 Å². The number of benzene rings is 1. The Hall–Kier alpha value is -2.33. The zero-order chi connectivity index (χ0) is 16.1. The van der Waals surface area contributed by atoms with Gasteiger partial charge in [0.2, 0.25) is 0 Å². The number of hydrogen-bond acceptors (Lipinski definition) is 4. The van der Waals surface area contributed by atoms with E-state index in [1.165, 1.54) is 0 Å². The average molecular weight is 363 g/mol. The minimum Gasteiger partial charge on any atom is -0.497 e. The molecule has 1 N–H and O–H groups in total. The van der Waals surface area contributed by atoms with Crippen molar-refractivity contribution in [1.29, 1.82) is 5.26 Å². The molecule has 0 saturated carbocycles. The van der Waals surface area contributed by atoms with E-state index >= 15 is 0 Å². The van der Waals surface area contributed by atoms with Gasteiger partial charge in [0, 0.05) is 10.5 Å². The van der Waals surface area contributed by atoms with E-state index in [1.54, 1.807) is 36.1 Å². The van der Waals surface area contributed by atoms with Crippen LogP contribution >= 0.6 is 15.9 Å². The molecule has 0 atom stereocenters. The molecule has 2 rings (SSSR count). The molecule has 0 spiro atoms. The predicted molar refractivity (Wildman–Crippen MR) is 85.8 cm³/mol. The minimum atomic E-state index is -0.274. The molecule has 0 radical (unpaired) electrons. The highest BCUT2D eigenvalue weighted by Crippen LogP contribution is 2.23. The molecule has 0 aliphatic carbocycles. The highest BCUT2D eigenvalue weighted by Gasteiger charge is 2.14. The topological polar surface area (TPSA) is 79.9 Å². The fraction of sp³-hybridized carbons (Fsp3) is 0.267. The number of anilines is 1. The number of aromatic nitrogens is 2. The van der Waals surface area contributed by atoms with Crippen molar-refractivity contribution in [2.24, 2.45) is 0 Å². The SMILES string of the molecule is COc1ccc(Br)c(C(=O)Nc2cc(C)nn2CCC#N)c1. The summed E-state index contributed by atoms with van der Waals surface area (Å²) in [7, 11) is 1.55. The molecular formula is C15H15BrN4O2. The lowest BCUT2D eigenvalue weighted by Gasteiger charge is -2.10. The van der Waals surface area contributed by atoms with Crippen LogP contribution in [0.4, 0.5) is 5.82 Å². The summed E-state index contributed by atoms with van der Waals surface area (Å²) < 4.78 is 7.42. The van der Waals surface area contributed by atoms with Crippen LogP contribution in [-0.2, 0) is 6.54 Å². The van der Waals surface area contributed by atoms with Crippen LogP contribution in [-0.4, -0.2) is 22.8 Å². The summed E-state index contributed by atoms with van der Waals surface area (Å²) in [5.41, 5.74) is 1.24. The number of rotatable bonds is 5. The second-order valence-electron chi connectivity index (χ2n) is 4.60. The molecule has 0 aliphatic rings. The summed E-state index contributed by atoms with van der Waals surface area (Å²) in [4.78, 5) is 12.4. The number of nitriles is 1. The Morgan fingerprint density at radius 3 is 2.95 bits per heavy atom. The van der Waals surface area contributed by atoms with E-state index in [9.17, 15) is 4.79 Å². The van der Waals surface area contributed by atoms with E-state index in [-0.39, 0.29) is 5.91 Å². The van der Waals surface area contributed by atoms with Crippen LogP contribution in [0.15, 0.2) is 28.7 Å². The van der Waals surface area contributed by atoms with Crippen molar-refractivity contribution in [3.8, 4) is 11.8 Å². The van der Waals surface area contributed by atoms with Gasteiger partial charge >= 0.3 is 0 Å². The highest BCUT2D eigenvalue weighted by atomic mass is 79.9. The monoisotopic (exact) mass is 362 g/mol. The Balaban J connectivity index is 2.24. The normalized spacial score (nSPS) is 10.1. The van der Waals surface area contributed by atoms with Crippen molar-refractivity contribution in [2.45, 2.75) is 19.9 Å². The number of carbonyl (C=O) groups excluding carboxylic acids is 1. The van der Waals surface area contributed by atoms with Gasteiger partial charge in [0.05, 0.1) is 37.4 Å². The molecule has 0 unspecified atom stereocenters. The van der Waals surface area contributed by atoms with Crippen molar-refractivity contribution < 1.29 is 9.53 Å². The van der Waals surface area contributed by atoms with Gasteiger partial charge < -0.3 is 10.1 Å². The Bertz CT molecular complexity index is 734. The lowest BCUT2D eigenvalue weighted by atomic mass is 10.2. The Labute approximate surface area is 136 Å². The van der Waals surface area contributed by atoms with Crippen molar-refractivity contribution in [3.05, 3.63) is 40.0 Å². The van der Waals surface area contributed by atoms with Gasteiger partial charge in [-0.3, -0.25) is 4.79 Å². The van der Waals surface area contributed by atoms with Gasteiger partial charge in [0.15, 0.2) is 0 Å². The maximum absolute atomic E-state index is 12.4. The number of methoxy groups -OCH3 is 1. The smallest absolute Gasteiger partial charge is 0.258 e. The molecule has 0 bridgehead atoms. The van der Waals surface area contributed by atoms with Gasteiger partial charge in [-0.2, -0.15) is 10.4 Å². The number of amides is 1. The van der Waals surface area contributed by atoms with E-state index in [0.29, 0.717) is 34.6 Å². The summed E-state index contributed by atoms with van der Waals surface area (Å²) >= 11 is 3.36. The maximum Gasteiger partial charge on any atom is 0.258 e. The molecule has 0 fully saturated rings. The van der Waals surface area contributed by atoms with Gasteiger partial charge in [0.1, 0.15) is 11.6 Å². The molecule has 1 amide bonds. The van der Waals surface area contributed by atoms with Crippen LogP contribution in [0.3, 0.4) is 0 Å². The Morgan fingerprint density at radius 1 is 1.50 bits per heavy atom. The zero-order valence-corrected chi connectivity index (χ0v) is 13.8. The van der Waals surface area contributed by atoms with E-state index in [4.69, 9.17) is 10.00 Å². The molecule has 0 aliphatic heterocycles. The molecule has 1 heterocycles. The molecule has 0 saturated heterocycles. The first kappa shape index (κ1) is 16.0.